The topological polar surface area (TPSA) is 41.8 Å². The normalized spacial score (nSPS) is 10.9. The van der Waals surface area contributed by atoms with Crippen LogP contribution in [0.4, 0.5) is 4.39 Å². The third-order valence-electron chi connectivity index (χ3n) is 2.46. The van der Waals surface area contributed by atoms with Crippen molar-refractivity contribution in [2.24, 2.45) is 0 Å². The Morgan fingerprint density at radius 1 is 1.29 bits per heavy atom. The van der Waals surface area contributed by atoms with Crippen LogP contribution in [-0.4, -0.2) is 9.97 Å². The SMILES string of the molecule is Fc1ccc2oc(-c3cnc[nH]c3=S)cc2c1. The maximum absolute atomic E-state index is 13.0. The van der Waals surface area contributed by atoms with Crippen LogP contribution in [0.15, 0.2) is 41.2 Å². The van der Waals surface area contributed by atoms with E-state index in [4.69, 9.17) is 16.6 Å². The van der Waals surface area contributed by atoms with Gasteiger partial charge in [-0.25, -0.2) is 9.37 Å². The minimum absolute atomic E-state index is 0.291. The van der Waals surface area contributed by atoms with E-state index in [1.165, 1.54) is 18.5 Å². The molecule has 0 unspecified atom stereocenters. The third kappa shape index (κ3) is 1.74. The highest BCUT2D eigenvalue weighted by Gasteiger charge is 2.08. The fourth-order valence-corrected chi connectivity index (χ4v) is 1.87. The molecule has 0 spiro atoms. The van der Waals surface area contributed by atoms with Gasteiger partial charge in [-0.2, -0.15) is 0 Å². The van der Waals surface area contributed by atoms with Gasteiger partial charge in [-0.15, -0.1) is 0 Å². The van der Waals surface area contributed by atoms with Crippen LogP contribution in [0.2, 0.25) is 0 Å². The summed E-state index contributed by atoms with van der Waals surface area (Å²) in [4.78, 5) is 6.78. The van der Waals surface area contributed by atoms with Crippen molar-refractivity contribution in [1.29, 1.82) is 0 Å². The lowest BCUT2D eigenvalue weighted by Crippen LogP contribution is -1.82. The molecule has 2 heterocycles. The van der Waals surface area contributed by atoms with E-state index in [1.54, 1.807) is 18.3 Å². The molecule has 3 nitrogen and oxygen atoms in total. The Balaban J connectivity index is 2.25. The number of fused-ring (bicyclic) bond motifs is 1. The molecule has 84 valence electrons. The molecule has 3 aromatic rings. The largest absolute Gasteiger partial charge is 0.456 e. The van der Waals surface area contributed by atoms with E-state index < -0.39 is 0 Å². The summed E-state index contributed by atoms with van der Waals surface area (Å²) >= 11 is 5.13. The molecule has 3 rings (SSSR count). The van der Waals surface area contributed by atoms with Gasteiger partial charge in [0.1, 0.15) is 21.8 Å². The van der Waals surface area contributed by atoms with E-state index >= 15 is 0 Å². The van der Waals surface area contributed by atoms with E-state index in [1.807, 2.05) is 0 Å². The van der Waals surface area contributed by atoms with E-state index in [9.17, 15) is 4.39 Å². The Morgan fingerprint density at radius 2 is 2.18 bits per heavy atom. The highest BCUT2D eigenvalue weighted by Crippen LogP contribution is 2.27. The van der Waals surface area contributed by atoms with Gasteiger partial charge in [-0.1, -0.05) is 12.2 Å². The van der Waals surface area contributed by atoms with Crippen molar-refractivity contribution in [3.63, 3.8) is 0 Å². The first-order chi connectivity index (χ1) is 8.24. The Bertz CT molecular complexity index is 747. The van der Waals surface area contributed by atoms with Crippen molar-refractivity contribution in [3.8, 4) is 11.3 Å². The third-order valence-corrected chi connectivity index (χ3v) is 2.80. The van der Waals surface area contributed by atoms with Crippen molar-refractivity contribution in [3.05, 3.63) is 47.2 Å². The fraction of sp³-hybridized carbons (Fsp3) is 0. The van der Waals surface area contributed by atoms with Crippen LogP contribution in [0.3, 0.4) is 0 Å². The van der Waals surface area contributed by atoms with Crippen LogP contribution in [0.5, 0.6) is 0 Å². The molecule has 0 bridgehead atoms. The van der Waals surface area contributed by atoms with Crippen molar-refractivity contribution >= 4 is 23.2 Å². The van der Waals surface area contributed by atoms with Gasteiger partial charge in [0.05, 0.1) is 11.9 Å². The van der Waals surface area contributed by atoms with Gasteiger partial charge in [-0.05, 0) is 24.3 Å². The number of aromatic amines is 1. The molecule has 2 aromatic heterocycles. The summed E-state index contributed by atoms with van der Waals surface area (Å²) < 4.78 is 19.2. The smallest absolute Gasteiger partial charge is 0.139 e. The number of hydrogen-bond acceptors (Lipinski definition) is 3. The van der Waals surface area contributed by atoms with Gasteiger partial charge in [0.25, 0.3) is 0 Å². The molecule has 0 amide bonds. The highest BCUT2D eigenvalue weighted by atomic mass is 32.1. The van der Waals surface area contributed by atoms with E-state index in [0.29, 0.717) is 26.9 Å². The monoisotopic (exact) mass is 246 g/mol. The number of rotatable bonds is 1. The molecule has 0 fully saturated rings. The quantitative estimate of drug-likeness (QED) is 0.666. The fourth-order valence-electron chi connectivity index (χ4n) is 1.67. The first kappa shape index (κ1) is 10.2. The number of hydrogen-bond donors (Lipinski definition) is 1. The van der Waals surface area contributed by atoms with Crippen LogP contribution in [0, 0.1) is 10.5 Å². The summed E-state index contributed by atoms with van der Waals surface area (Å²) in [6, 6.07) is 6.13. The predicted molar refractivity (Wildman–Crippen MR) is 64.6 cm³/mol. The Hall–Kier alpha value is -2.01. The second-order valence-electron chi connectivity index (χ2n) is 3.59. The zero-order chi connectivity index (χ0) is 11.8. The standard InChI is InChI=1S/C12H7FN2OS/c13-8-1-2-10-7(3-8)4-11(16-10)9-5-14-6-15-12(9)17/h1-6H,(H,14,15,17). The van der Waals surface area contributed by atoms with Crippen molar-refractivity contribution in [1.82, 2.24) is 9.97 Å². The van der Waals surface area contributed by atoms with Gasteiger partial charge in [0.15, 0.2) is 0 Å². The van der Waals surface area contributed by atoms with Crippen LogP contribution < -0.4 is 0 Å². The number of nitrogens with one attached hydrogen (secondary N) is 1. The van der Waals surface area contributed by atoms with Gasteiger partial charge in [0, 0.05) is 11.6 Å². The van der Waals surface area contributed by atoms with Gasteiger partial charge in [-0.3, -0.25) is 0 Å². The average molecular weight is 246 g/mol. The van der Waals surface area contributed by atoms with Crippen LogP contribution in [0.25, 0.3) is 22.3 Å². The lowest BCUT2D eigenvalue weighted by molar-refractivity contribution is 0.618. The maximum Gasteiger partial charge on any atom is 0.139 e. The summed E-state index contributed by atoms with van der Waals surface area (Å²) in [5.74, 6) is 0.293. The number of nitrogens with zero attached hydrogens (tertiary/aromatic N) is 1. The van der Waals surface area contributed by atoms with E-state index in [-0.39, 0.29) is 5.82 Å². The van der Waals surface area contributed by atoms with Crippen LogP contribution in [0.1, 0.15) is 0 Å². The Labute approximate surface area is 101 Å². The highest BCUT2D eigenvalue weighted by molar-refractivity contribution is 7.71. The van der Waals surface area contributed by atoms with Gasteiger partial charge >= 0.3 is 0 Å². The molecule has 17 heavy (non-hydrogen) atoms. The first-order valence-corrected chi connectivity index (χ1v) is 5.37. The number of benzene rings is 1. The summed E-state index contributed by atoms with van der Waals surface area (Å²) in [7, 11) is 0. The molecule has 0 aliphatic heterocycles. The summed E-state index contributed by atoms with van der Waals surface area (Å²) in [5.41, 5.74) is 1.32. The number of aromatic nitrogens is 2. The molecule has 0 aliphatic rings. The first-order valence-electron chi connectivity index (χ1n) is 4.96. The zero-order valence-electron chi connectivity index (χ0n) is 8.61. The molecule has 5 heteroatoms. The lowest BCUT2D eigenvalue weighted by atomic mass is 10.2. The second-order valence-corrected chi connectivity index (χ2v) is 4.00. The van der Waals surface area contributed by atoms with E-state index in [2.05, 4.69) is 9.97 Å². The Morgan fingerprint density at radius 3 is 3.00 bits per heavy atom. The molecule has 1 N–H and O–H groups in total. The minimum atomic E-state index is -0.291. The number of furan rings is 1. The van der Waals surface area contributed by atoms with Crippen molar-refractivity contribution in [2.45, 2.75) is 0 Å². The summed E-state index contributed by atoms with van der Waals surface area (Å²) in [5, 5.41) is 0.707. The number of H-pyrrole nitrogens is 1. The summed E-state index contributed by atoms with van der Waals surface area (Å²) in [6.45, 7) is 0. The van der Waals surface area contributed by atoms with Gasteiger partial charge < -0.3 is 9.40 Å². The van der Waals surface area contributed by atoms with Crippen molar-refractivity contribution < 1.29 is 8.81 Å². The molecule has 0 saturated heterocycles. The number of halogens is 1. The molecular formula is C12H7FN2OS. The van der Waals surface area contributed by atoms with Gasteiger partial charge in [0.2, 0.25) is 0 Å². The van der Waals surface area contributed by atoms with Crippen LogP contribution >= 0.6 is 12.2 Å². The summed E-state index contributed by atoms with van der Waals surface area (Å²) in [6.07, 6.45) is 3.13. The molecule has 0 radical (unpaired) electrons. The van der Waals surface area contributed by atoms with Crippen molar-refractivity contribution in [2.75, 3.05) is 0 Å². The average Bonchev–Trinajstić information content (AvgIpc) is 2.72. The minimum Gasteiger partial charge on any atom is -0.456 e. The predicted octanol–water partition coefficient (Wildman–Crippen LogP) is 3.69. The molecule has 0 atom stereocenters. The molecule has 0 aliphatic carbocycles. The Kier molecular flexibility index (Phi) is 2.26. The molecule has 1 aromatic carbocycles. The molecule has 0 saturated carbocycles. The zero-order valence-corrected chi connectivity index (χ0v) is 9.42. The van der Waals surface area contributed by atoms with Crippen LogP contribution in [-0.2, 0) is 0 Å². The van der Waals surface area contributed by atoms with E-state index in [0.717, 1.165) is 0 Å². The lowest BCUT2D eigenvalue weighted by Gasteiger charge is -1.94. The maximum atomic E-state index is 13.0. The second kappa shape index (κ2) is 3.78. The molecular weight excluding hydrogens is 239 g/mol.